The van der Waals surface area contributed by atoms with E-state index in [4.69, 9.17) is 10.7 Å². The zero-order valence-electron chi connectivity index (χ0n) is 9.64. The normalized spacial score (nSPS) is 16.2. The van der Waals surface area contributed by atoms with Gasteiger partial charge in [-0.25, -0.2) is 0 Å². The molecule has 0 fully saturated rings. The summed E-state index contributed by atoms with van der Waals surface area (Å²) in [5.41, 5.74) is 0. The second-order valence-electron chi connectivity index (χ2n) is 3.82. The molecule has 82 valence electrons. The minimum atomic E-state index is -0.798. The number of hydrogen-bond donors (Lipinski definition) is 0. The minimum absolute atomic E-state index is 0.656. The van der Waals surface area contributed by atoms with Crippen LogP contribution in [0.4, 0.5) is 0 Å². The quantitative estimate of drug-likeness (QED) is 0.671. The second kappa shape index (κ2) is 6.15. The first-order chi connectivity index (χ1) is 5.95. The van der Waals surface area contributed by atoms with Crippen molar-refractivity contribution in [2.24, 2.45) is 0 Å². The van der Waals surface area contributed by atoms with Gasteiger partial charge in [-0.15, -0.1) is 0 Å². The summed E-state index contributed by atoms with van der Waals surface area (Å²) >= 11 is 0. The van der Waals surface area contributed by atoms with Crippen molar-refractivity contribution >= 4 is 19.9 Å². The molecule has 0 radical (unpaired) electrons. The van der Waals surface area contributed by atoms with E-state index in [2.05, 4.69) is 39.8 Å². The lowest BCUT2D eigenvalue weighted by Gasteiger charge is -2.32. The van der Waals surface area contributed by atoms with E-state index in [0.717, 1.165) is 11.5 Å². The number of nitrogens with zero attached hydrogens (tertiary/aromatic N) is 1. The fourth-order valence-corrected chi connectivity index (χ4v) is 3.15. The molecule has 0 heterocycles. The molecule has 13 heavy (non-hydrogen) atoms. The van der Waals surface area contributed by atoms with Gasteiger partial charge in [-0.05, 0) is 44.7 Å². The van der Waals surface area contributed by atoms with Gasteiger partial charge in [0.05, 0.1) is 0 Å². The molecule has 0 aliphatic carbocycles. The summed E-state index contributed by atoms with van der Waals surface area (Å²) < 4.78 is 0. The standard InChI is InChI=1S/C10H24ClNS/c1-6-13(11,7-2)9-8-10(3)12(4)5/h10H,6-9H2,1-5H3. The van der Waals surface area contributed by atoms with Crippen molar-refractivity contribution < 1.29 is 0 Å². The summed E-state index contributed by atoms with van der Waals surface area (Å²) in [4.78, 5) is 2.27. The van der Waals surface area contributed by atoms with Crippen molar-refractivity contribution in [3.8, 4) is 0 Å². The first-order valence-corrected chi connectivity index (χ1v) is 8.04. The zero-order valence-corrected chi connectivity index (χ0v) is 11.2. The van der Waals surface area contributed by atoms with Crippen LogP contribution in [0.1, 0.15) is 27.2 Å². The highest BCUT2D eigenvalue weighted by Gasteiger charge is 2.17. The molecule has 0 N–H and O–H groups in total. The van der Waals surface area contributed by atoms with Crippen LogP contribution < -0.4 is 0 Å². The molecule has 0 bridgehead atoms. The Kier molecular flexibility index (Phi) is 6.44. The highest BCUT2D eigenvalue weighted by molar-refractivity contribution is 8.51. The molecule has 0 amide bonds. The van der Waals surface area contributed by atoms with Crippen molar-refractivity contribution in [2.45, 2.75) is 33.2 Å². The zero-order chi connectivity index (χ0) is 10.5. The molecular weight excluding hydrogens is 202 g/mol. The van der Waals surface area contributed by atoms with Crippen LogP contribution in [0.3, 0.4) is 0 Å². The van der Waals surface area contributed by atoms with Crippen molar-refractivity contribution in [1.29, 1.82) is 0 Å². The van der Waals surface area contributed by atoms with Crippen molar-refractivity contribution in [2.75, 3.05) is 31.4 Å². The van der Waals surface area contributed by atoms with E-state index in [1.165, 1.54) is 12.2 Å². The van der Waals surface area contributed by atoms with E-state index in [1.807, 2.05) is 0 Å². The Morgan fingerprint density at radius 2 is 1.69 bits per heavy atom. The summed E-state index contributed by atoms with van der Waals surface area (Å²) in [6.45, 7) is 6.69. The maximum absolute atomic E-state index is 6.52. The third kappa shape index (κ3) is 5.14. The Balaban J connectivity index is 3.85. The van der Waals surface area contributed by atoms with E-state index in [-0.39, 0.29) is 0 Å². The van der Waals surface area contributed by atoms with Gasteiger partial charge in [0.1, 0.15) is 0 Å². The van der Waals surface area contributed by atoms with Crippen LogP contribution in [-0.4, -0.2) is 42.3 Å². The van der Waals surface area contributed by atoms with Crippen LogP contribution in [-0.2, 0) is 0 Å². The predicted octanol–water partition coefficient (Wildman–Crippen LogP) is 3.32. The molecule has 0 aliphatic heterocycles. The van der Waals surface area contributed by atoms with Gasteiger partial charge in [0, 0.05) is 6.04 Å². The lowest BCUT2D eigenvalue weighted by atomic mass is 10.2. The Morgan fingerprint density at radius 1 is 1.23 bits per heavy atom. The molecule has 1 unspecified atom stereocenters. The van der Waals surface area contributed by atoms with Crippen LogP contribution in [0.25, 0.3) is 0 Å². The number of rotatable bonds is 6. The third-order valence-corrected chi connectivity index (χ3v) is 7.63. The van der Waals surface area contributed by atoms with Gasteiger partial charge >= 0.3 is 0 Å². The maximum atomic E-state index is 6.52. The van der Waals surface area contributed by atoms with E-state index in [0.29, 0.717) is 6.04 Å². The Labute approximate surface area is 89.6 Å². The third-order valence-electron chi connectivity index (χ3n) is 2.82. The molecule has 1 nitrogen and oxygen atoms in total. The monoisotopic (exact) mass is 225 g/mol. The minimum Gasteiger partial charge on any atom is -0.307 e. The Bertz CT molecular complexity index is 135. The molecular formula is C10H24ClNS. The summed E-state index contributed by atoms with van der Waals surface area (Å²) in [7, 11) is 9.99. The van der Waals surface area contributed by atoms with Gasteiger partial charge in [0.15, 0.2) is 0 Å². The highest BCUT2D eigenvalue weighted by Crippen LogP contribution is 2.53. The van der Waals surface area contributed by atoms with Crippen LogP contribution in [0.5, 0.6) is 0 Å². The second-order valence-corrected chi connectivity index (χ2v) is 9.23. The molecule has 0 saturated carbocycles. The fraction of sp³-hybridized carbons (Fsp3) is 1.00. The predicted molar refractivity (Wildman–Crippen MR) is 67.2 cm³/mol. The number of halogens is 1. The Hall–Kier alpha value is 0.600. The summed E-state index contributed by atoms with van der Waals surface area (Å²) in [6, 6.07) is 0.656. The Morgan fingerprint density at radius 3 is 2.00 bits per heavy atom. The van der Waals surface area contributed by atoms with E-state index < -0.39 is 9.24 Å². The molecule has 0 aromatic heterocycles. The lowest BCUT2D eigenvalue weighted by molar-refractivity contribution is 0.308. The van der Waals surface area contributed by atoms with Gasteiger partial charge in [-0.3, -0.25) is 0 Å². The largest absolute Gasteiger partial charge is 0.307 e. The molecule has 0 aromatic carbocycles. The molecule has 0 aliphatic rings. The van der Waals surface area contributed by atoms with Crippen molar-refractivity contribution in [3.05, 3.63) is 0 Å². The molecule has 0 rings (SSSR count). The van der Waals surface area contributed by atoms with Gasteiger partial charge in [0.25, 0.3) is 0 Å². The van der Waals surface area contributed by atoms with Gasteiger partial charge in [0.2, 0.25) is 0 Å². The SMILES string of the molecule is CCS(Cl)(CC)CCC(C)N(C)C. The molecule has 0 aromatic rings. The summed E-state index contributed by atoms with van der Waals surface area (Å²) in [5.74, 6) is 3.53. The van der Waals surface area contributed by atoms with Crippen LogP contribution >= 0.6 is 19.9 Å². The van der Waals surface area contributed by atoms with Crippen LogP contribution in [0.15, 0.2) is 0 Å². The highest BCUT2D eigenvalue weighted by atomic mass is 35.7. The van der Waals surface area contributed by atoms with E-state index in [1.54, 1.807) is 0 Å². The topological polar surface area (TPSA) is 3.24 Å². The number of hydrogen-bond acceptors (Lipinski definition) is 1. The van der Waals surface area contributed by atoms with Crippen LogP contribution in [0.2, 0.25) is 0 Å². The summed E-state index contributed by atoms with van der Waals surface area (Å²) in [5, 5.41) is 0. The first kappa shape index (κ1) is 13.6. The molecule has 0 saturated heterocycles. The first-order valence-electron chi connectivity index (χ1n) is 5.07. The average Bonchev–Trinajstić information content (AvgIpc) is 2.13. The lowest BCUT2D eigenvalue weighted by Crippen LogP contribution is -2.26. The van der Waals surface area contributed by atoms with E-state index >= 15 is 0 Å². The van der Waals surface area contributed by atoms with Crippen molar-refractivity contribution in [1.82, 2.24) is 4.90 Å². The average molecular weight is 226 g/mol. The summed E-state index contributed by atoms with van der Waals surface area (Å²) in [6.07, 6.45) is 1.23. The van der Waals surface area contributed by atoms with Gasteiger partial charge in [-0.1, -0.05) is 24.5 Å². The van der Waals surface area contributed by atoms with E-state index in [9.17, 15) is 0 Å². The molecule has 1 atom stereocenters. The smallest absolute Gasteiger partial charge is 0.00685 e. The fourth-order valence-electron chi connectivity index (χ4n) is 1.13. The van der Waals surface area contributed by atoms with Gasteiger partial charge in [-0.2, -0.15) is 9.24 Å². The molecule has 0 spiro atoms. The van der Waals surface area contributed by atoms with Crippen LogP contribution in [0, 0.1) is 0 Å². The van der Waals surface area contributed by atoms with Gasteiger partial charge < -0.3 is 4.90 Å². The van der Waals surface area contributed by atoms with Crippen molar-refractivity contribution in [3.63, 3.8) is 0 Å². The molecule has 3 heteroatoms. The maximum Gasteiger partial charge on any atom is 0.00685 e.